The summed E-state index contributed by atoms with van der Waals surface area (Å²) in [6, 6.07) is 0. The molecule has 3 aliphatic rings. The molecular weight excluding hydrogens is 472 g/mol. The molecule has 34 heavy (non-hydrogen) atoms. The van der Waals surface area contributed by atoms with Gasteiger partial charge in [-0.2, -0.15) is 0 Å². The fourth-order valence-electron chi connectivity index (χ4n) is 4.06. The van der Waals surface area contributed by atoms with Gasteiger partial charge in [-0.25, -0.2) is 0 Å². The highest BCUT2D eigenvalue weighted by Crippen LogP contribution is 2.32. The van der Waals surface area contributed by atoms with E-state index in [2.05, 4.69) is 0 Å². The van der Waals surface area contributed by atoms with Gasteiger partial charge in [0.2, 0.25) is 0 Å². The minimum atomic E-state index is -1.91. The van der Waals surface area contributed by atoms with Gasteiger partial charge in [-0.15, -0.1) is 0 Å². The van der Waals surface area contributed by atoms with Crippen molar-refractivity contribution in [3.63, 3.8) is 0 Å². The van der Waals surface area contributed by atoms with Gasteiger partial charge >= 0.3 is 0 Å². The van der Waals surface area contributed by atoms with Gasteiger partial charge in [-0.1, -0.05) is 0 Å². The van der Waals surface area contributed by atoms with Crippen LogP contribution in [0.2, 0.25) is 0 Å². The van der Waals surface area contributed by atoms with Crippen molar-refractivity contribution < 1.29 is 79.9 Å². The van der Waals surface area contributed by atoms with E-state index in [9.17, 15) is 56.2 Å². The number of aliphatic hydroxyl groups is 11. The zero-order chi connectivity index (χ0) is 25.3. The Bertz CT molecular complexity index is 635. The molecule has 0 radical (unpaired) electrons. The second kappa shape index (κ2) is 11.6. The van der Waals surface area contributed by atoms with Crippen LogP contribution >= 0.6 is 0 Å². The van der Waals surface area contributed by atoms with Gasteiger partial charge in [-0.3, -0.25) is 0 Å². The topological polar surface area (TPSA) is 269 Å². The molecule has 16 heteroatoms. The molecule has 11 N–H and O–H groups in total. The highest BCUT2D eigenvalue weighted by molar-refractivity contribution is 4.96. The average molecular weight is 504 g/mol. The molecular formula is C18H32O16. The highest BCUT2D eigenvalue weighted by Gasteiger charge is 2.53. The van der Waals surface area contributed by atoms with E-state index >= 15 is 0 Å². The molecule has 3 heterocycles. The number of ether oxygens (including phenoxy) is 5. The van der Waals surface area contributed by atoms with Gasteiger partial charge in [0.05, 0.1) is 19.8 Å². The van der Waals surface area contributed by atoms with Crippen molar-refractivity contribution >= 4 is 0 Å². The molecule has 0 aliphatic carbocycles. The molecule has 0 aromatic heterocycles. The van der Waals surface area contributed by atoms with Crippen molar-refractivity contribution in [3.8, 4) is 0 Å². The Kier molecular flexibility index (Phi) is 9.54. The van der Waals surface area contributed by atoms with Crippen LogP contribution in [0.15, 0.2) is 0 Å². The quantitative estimate of drug-likeness (QED) is 0.154. The average Bonchev–Trinajstić information content (AvgIpc) is 2.83. The molecule has 3 fully saturated rings. The summed E-state index contributed by atoms with van der Waals surface area (Å²) in [5, 5.41) is 109. The van der Waals surface area contributed by atoms with Crippen molar-refractivity contribution in [1.82, 2.24) is 0 Å². The van der Waals surface area contributed by atoms with Crippen LogP contribution in [0.5, 0.6) is 0 Å². The maximum Gasteiger partial charge on any atom is 0.187 e. The fraction of sp³-hybridized carbons (Fsp3) is 1.00. The van der Waals surface area contributed by atoms with Crippen LogP contribution in [0.1, 0.15) is 0 Å². The van der Waals surface area contributed by atoms with Crippen LogP contribution in [0.25, 0.3) is 0 Å². The fourth-order valence-corrected chi connectivity index (χ4v) is 4.06. The van der Waals surface area contributed by atoms with E-state index < -0.39 is 112 Å². The largest absolute Gasteiger partial charge is 0.394 e. The SMILES string of the molecule is OC[C@H]1O[C@H](O[C@H]2[C@H](O)[C@@H](O)[C@@H](O[C@H]3[C@H](O)[C@@H](O)[C@H](O)O[C@@H]3CO)O[C@@H]2CO)[C@H](O)[C@@H](O)[C@H]1O. The molecule has 0 bridgehead atoms. The number of hydrogen-bond donors (Lipinski definition) is 11. The maximum absolute atomic E-state index is 10.6. The van der Waals surface area contributed by atoms with E-state index in [0.717, 1.165) is 0 Å². The summed E-state index contributed by atoms with van der Waals surface area (Å²) >= 11 is 0. The van der Waals surface area contributed by atoms with E-state index in [1.54, 1.807) is 0 Å². The summed E-state index contributed by atoms with van der Waals surface area (Å²) in [7, 11) is 0. The van der Waals surface area contributed by atoms with Gasteiger partial charge in [0.15, 0.2) is 18.9 Å². The summed E-state index contributed by atoms with van der Waals surface area (Å²) in [6.45, 7) is -2.32. The smallest absolute Gasteiger partial charge is 0.187 e. The first-order valence-corrected chi connectivity index (χ1v) is 10.6. The molecule has 0 spiro atoms. The van der Waals surface area contributed by atoms with Crippen LogP contribution < -0.4 is 0 Å². The van der Waals surface area contributed by atoms with E-state index in [0.29, 0.717) is 0 Å². The first-order chi connectivity index (χ1) is 16.0. The third-order valence-corrected chi connectivity index (χ3v) is 6.09. The van der Waals surface area contributed by atoms with Crippen molar-refractivity contribution in [1.29, 1.82) is 0 Å². The molecule has 16 nitrogen and oxygen atoms in total. The predicted molar refractivity (Wildman–Crippen MR) is 101 cm³/mol. The van der Waals surface area contributed by atoms with Crippen molar-refractivity contribution in [3.05, 3.63) is 0 Å². The van der Waals surface area contributed by atoms with Gasteiger partial charge in [0.25, 0.3) is 0 Å². The zero-order valence-corrected chi connectivity index (χ0v) is 17.7. The minimum Gasteiger partial charge on any atom is -0.394 e. The van der Waals surface area contributed by atoms with Crippen LogP contribution in [-0.2, 0) is 23.7 Å². The summed E-state index contributed by atoms with van der Waals surface area (Å²) in [4.78, 5) is 0. The van der Waals surface area contributed by atoms with Crippen LogP contribution in [0.3, 0.4) is 0 Å². The molecule has 0 aromatic carbocycles. The molecule has 0 unspecified atom stereocenters. The van der Waals surface area contributed by atoms with E-state index in [-0.39, 0.29) is 0 Å². The second-order valence-electron chi connectivity index (χ2n) is 8.33. The maximum atomic E-state index is 10.6. The lowest BCUT2D eigenvalue weighted by atomic mass is 9.96. The standard InChI is InChI=1S/C18H32O16/c19-1-4-7(22)8(23)12(27)17(31-4)34-15-6(3-21)32-18(13(28)10(15)25)33-14-5(2-20)30-16(29)11(26)9(14)24/h4-29H,1-3H2/t4-,5-,6-,7+,8+,9-,10-,11-,12-,13-,14-,15-,16-,17-,18-/m1/s1. The summed E-state index contributed by atoms with van der Waals surface area (Å²) in [5.74, 6) is 0. The van der Waals surface area contributed by atoms with E-state index in [1.165, 1.54) is 0 Å². The Balaban J connectivity index is 1.72. The van der Waals surface area contributed by atoms with Crippen LogP contribution in [-0.4, -0.2) is 168 Å². The molecule has 3 rings (SSSR count). The summed E-state index contributed by atoms with van der Waals surface area (Å²) in [6.07, 6.45) is -25.1. The monoisotopic (exact) mass is 504 g/mol. The first kappa shape index (κ1) is 27.9. The second-order valence-corrected chi connectivity index (χ2v) is 8.33. The molecule has 200 valence electrons. The number of rotatable bonds is 7. The first-order valence-electron chi connectivity index (χ1n) is 10.6. The number of aliphatic hydroxyl groups excluding tert-OH is 11. The lowest BCUT2D eigenvalue weighted by Crippen LogP contribution is -2.66. The molecule has 0 saturated carbocycles. The number of hydrogen-bond acceptors (Lipinski definition) is 16. The Hall–Kier alpha value is -0.640. The van der Waals surface area contributed by atoms with Gasteiger partial charge in [0.1, 0.15) is 73.2 Å². The van der Waals surface area contributed by atoms with Gasteiger partial charge < -0.3 is 79.9 Å². The van der Waals surface area contributed by atoms with E-state index in [4.69, 9.17) is 23.7 Å². The molecule has 3 saturated heterocycles. The Morgan fingerprint density at radius 1 is 0.441 bits per heavy atom. The minimum absolute atomic E-state index is 0.741. The molecule has 15 atom stereocenters. The normalized spacial score (nSPS) is 52.5. The lowest BCUT2D eigenvalue weighted by Gasteiger charge is -2.47. The van der Waals surface area contributed by atoms with E-state index in [1.807, 2.05) is 0 Å². The molecule has 0 amide bonds. The van der Waals surface area contributed by atoms with Crippen LogP contribution in [0.4, 0.5) is 0 Å². The predicted octanol–water partition coefficient (Wildman–Crippen LogP) is -7.57. The third kappa shape index (κ3) is 5.37. The van der Waals surface area contributed by atoms with Gasteiger partial charge in [-0.05, 0) is 0 Å². The Morgan fingerprint density at radius 2 is 0.853 bits per heavy atom. The van der Waals surface area contributed by atoms with Crippen LogP contribution in [0, 0.1) is 0 Å². The van der Waals surface area contributed by atoms with Crippen molar-refractivity contribution in [2.75, 3.05) is 19.8 Å². The molecule has 0 aromatic rings. The molecule has 3 aliphatic heterocycles. The third-order valence-electron chi connectivity index (χ3n) is 6.09. The lowest BCUT2D eigenvalue weighted by molar-refractivity contribution is -0.377. The van der Waals surface area contributed by atoms with Crippen molar-refractivity contribution in [2.24, 2.45) is 0 Å². The highest BCUT2D eigenvalue weighted by atomic mass is 16.8. The summed E-state index contributed by atoms with van der Waals surface area (Å²) < 4.78 is 26.4. The zero-order valence-electron chi connectivity index (χ0n) is 17.7. The van der Waals surface area contributed by atoms with Crippen molar-refractivity contribution in [2.45, 2.75) is 92.1 Å². The van der Waals surface area contributed by atoms with Gasteiger partial charge in [0, 0.05) is 0 Å². The summed E-state index contributed by atoms with van der Waals surface area (Å²) in [5.41, 5.74) is 0. The Labute approximate surface area is 192 Å². The Morgan fingerprint density at radius 3 is 1.35 bits per heavy atom.